The molecule has 104 valence electrons. The molecule has 0 aliphatic carbocycles. The Morgan fingerprint density at radius 3 is 1.35 bits per heavy atom. The van der Waals surface area contributed by atoms with Gasteiger partial charge in [0.25, 0.3) is 0 Å². The van der Waals surface area contributed by atoms with Gasteiger partial charge in [-0.05, 0) is 0 Å². The highest BCUT2D eigenvalue weighted by Gasteiger charge is 2.41. The van der Waals surface area contributed by atoms with Crippen LogP contribution >= 0.6 is 15.7 Å². The Labute approximate surface area is 108 Å². The molecule has 0 saturated heterocycles. The number of hydrogen-bond acceptors (Lipinski definition) is 3. The minimum atomic E-state index is -3.85. The van der Waals surface area contributed by atoms with E-state index in [1.54, 1.807) is 20.8 Å². The molecule has 1 unspecified atom stereocenters. The van der Waals surface area contributed by atoms with Crippen LogP contribution in [-0.2, 0) is 8.88 Å². The summed E-state index contributed by atoms with van der Waals surface area (Å²) >= 11 is 0. The summed E-state index contributed by atoms with van der Waals surface area (Å²) in [6.45, 7) is 17.2. The fraction of sp³-hybridized carbons (Fsp3) is 1.00. The molecule has 0 bridgehead atoms. The van der Waals surface area contributed by atoms with Crippen molar-refractivity contribution in [2.45, 2.75) is 77.8 Å². The molecule has 0 saturated carbocycles. The molecule has 17 heavy (non-hydrogen) atoms. The van der Waals surface area contributed by atoms with Crippen molar-refractivity contribution < 1.29 is 13.8 Å². The third-order valence-electron chi connectivity index (χ3n) is 2.23. The van der Waals surface area contributed by atoms with Crippen molar-refractivity contribution in [2.75, 3.05) is 0 Å². The lowest BCUT2D eigenvalue weighted by Crippen LogP contribution is -2.30. The van der Waals surface area contributed by atoms with Gasteiger partial charge in [0.1, 0.15) is 7.60 Å². The summed E-state index contributed by atoms with van der Waals surface area (Å²) in [6, 6.07) is 0. The topological polar surface area (TPSA) is 49.4 Å². The Balaban J connectivity index is 5.25. The second-order valence-electron chi connectivity index (χ2n) is 7.39. The van der Waals surface area contributed by atoms with Crippen LogP contribution in [0.25, 0.3) is 0 Å². The fourth-order valence-corrected chi connectivity index (χ4v) is 7.29. The van der Waals surface area contributed by atoms with E-state index in [0.29, 0.717) is 0 Å². The molecule has 0 aromatic heterocycles. The Morgan fingerprint density at radius 1 is 0.882 bits per heavy atom. The van der Waals surface area contributed by atoms with Crippen molar-refractivity contribution >= 4 is 15.7 Å². The molecule has 0 rings (SSSR count). The standard InChI is InChI=1S/C12H28O3P2/c1-10(2,3)16(11(4,5)6)15-17(13,14)12(7,8)9/h1-9H3,(H,13,14)/p-1. The van der Waals surface area contributed by atoms with E-state index in [1.165, 1.54) is 0 Å². The quantitative estimate of drug-likeness (QED) is 0.707. The summed E-state index contributed by atoms with van der Waals surface area (Å²) in [6.07, 6.45) is 0. The Kier molecular flexibility index (Phi) is 5.10. The zero-order valence-corrected chi connectivity index (χ0v) is 14.4. The van der Waals surface area contributed by atoms with Gasteiger partial charge >= 0.3 is 0 Å². The molecule has 0 aliphatic rings. The van der Waals surface area contributed by atoms with Crippen molar-refractivity contribution in [1.29, 1.82) is 0 Å². The summed E-state index contributed by atoms with van der Waals surface area (Å²) < 4.78 is 17.8. The number of rotatable bonds is 2. The smallest absolute Gasteiger partial charge is 0.143 e. The first kappa shape index (κ1) is 17.6. The van der Waals surface area contributed by atoms with E-state index in [2.05, 4.69) is 0 Å². The normalized spacial score (nSPS) is 18.3. The van der Waals surface area contributed by atoms with Crippen molar-refractivity contribution in [3.05, 3.63) is 0 Å². The van der Waals surface area contributed by atoms with Crippen LogP contribution in [-0.4, -0.2) is 15.5 Å². The van der Waals surface area contributed by atoms with Crippen LogP contribution in [0.3, 0.4) is 0 Å². The van der Waals surface area contributed by atoms with Crippen molar-refractivity contribution in [1.82, 2.24) is 0 Å². The second kappa shape index (κ2) is 4.93. The summed E-state index contributed by atoms with van der Waals surface area (Å²) in [5.74, 6) is 0. The Bertz CT molecular complexity index is 291. The van der Waals surface area contributed by atoms with Crippen LogP contribution in [0.1, 0.15) is 62.3 Å². The predicted octanol–water partition coefficient (Wildman–Crippen LogP) is 4.35. The predicted molar refractivity (Wildman–Crippen MR) is 74.9 cm³/mol. The first-order valence-corrected chi connectivity index (χ1v) is 8.70. The zero-order valence-electron chi connectivity index (χ0n) is 12.6. The molecule has 0 aromatic carbocycles. The van der Waals surface area contributed by atoms with Crippen LogP contribution in [0.4, 0.5) is 0 Å². The van der Waals surface area contributed by atoms with Crippen LogP contribution in [0.5, 0.6) is 0 Å². The fourth-order valence-electron chi connectivity index (χ4n) is 1.48. The molecule has 0 aromatic rings. The molecular formula is C12H27O3P2-. The first-order valence-electron chi connectivity index (χ1n) is 5.90. The molecule has 0 N–H and O–H groups in total. The number of hydrogen-bond donors (Lipinski definition) is 0. The summed E-state index contributed by atoms with van der Waals surface area (Å²) in [4.78, 5) is 12.2. The van der Waals surface area contributed by atoms with Crippen LogP contribution in [0, 0.1) is 0 Å². The molecule has 0 heterocycles. The zero-order chi connectivity index (χ0) is 14.3. The maximum atomic E-state index is 12.2. The molecule has 0 amide bonds. The van der Waals surface area contributed by atoms with E-state index in [1.807, 2.05) is 41.5 Å². The van der Waals surface area contributed by atoms with Crippen molar-refractivity contribution in [3.63, 3.8) is 0 Å². The molecule has 3 nitrogen and oxygen atoms in total. The minimum absolute atomic E-state index is 0.154. The summed E-state index contributed by atoms with van der Waals surface area (Å²) in [5, 5.41) is -1.15. The van der Waals surface area contributed by atoms with Gasteiger partial charge in [-0.15, -0.1) is 0 Å². The molecule has 1 atom stereocenters. The second-order valence-corrected chi connectivity index (χ2v) is 13.6. The average Bonchev–Trinajstić information content (AvgIpc) is 1.93. The molecule has 0 aliphatic heterocycles. The lowest BCUT2D eigenvalue weighted by molar-refractivity contribution is -0.195. The van der Waals surface area contributed by atoms with Gasteiger partial charge in [-0.3, -0.25) is 0 Å². The Morgan fingerprint density at radius 2 is 1.18 bits per heavy atom. The molecule has 0 fully saturated rings. The van der Waals surface area contributed by atoms with E-state index >= 15 is 0 Å². The van der Waals surface area contributed by atoms with Crippen molar-refractivity contribution in [2.24, 2.45) is 0 Å². The van der Waals surface area contributed by atoms with Gasteiger partial charge in [-0.1, -0.05) is 62.3 Å². The maximum Gasteiger partial charge on any atom is 0.143 e. The monoisotopic (exact) mass is 281 g/mol. The van der Waals surface area contributed by atoms with E-state index in [-0.39, 0.29) is 10.3 Å². The van der Waals surface area contributed by atoms with Crippen molar-refractivity contribution in [3.8, 4) is 0 Å². The third kappa shape index (κ3) is 4.99. The first-order chi connectivity index (χ1) is 7.09. The van der Waals surface area contributed by atoms with Gasteiger partial charge in [-0.25, -0.2) is 0 Å². The van der Waals surface area contributed by atoms with Gasteiger partial charge in [0, 0.05) is 23.6 Å². The lowest BCUT2D eigenvalue weighted by Gasteiger charge is -2.46. The molecule has 0 spiro atoms. The summed E-state index contributed by atoms with van der Waals surface area (Å²) in [5.41, 5.74) is 0. The van der Waals surface area contributed by atoms with Gasteiger partial charge in [0.05, 0.1) is 0 Å². The van der Waals surface area contributed by atoms with Gasteiger partial charge in [-0.2, -0.15) is 0 Å². The SMILES string of the molecule is CC(C)(C)P(OP(=O)([O-])C(C)(C)C)C(C)(C)C. The highest BCUT2D eigenvalue weighted by Crippen LogP contribution is 2.70. The Hall–Kier alpha value is 0.580. The lowest BCUT2D eigenvalue weighted by atomic mass is 10.2. The molecule has 5 heteroatoms. The van der Waals surface area contributed by atoms with Crippen LogP contribution in [0.2, 0.25) is 0 Å². The van der Waals surface area contributed by atoms with Crippen LogP contribution in [0.15, 0.2) is 0 Å². The summed E-state index contributed by atoms with van der Waals surface area (Å²) in [7, 11) is -4.92. The third-order valence-corrected chi connectivity index (χ3v) is 7.82. The van der Waals surface area contributed by atoms with Gasteiger partial charge in [0.15, 0.2) is 0 Å². The minimum Gasteiger partial charge on any atom is -0.778 e. The maximum absolute atomic E-state index is 12.2. The van der Waals surface area contributed by atoms with Gasteiger partial charge < -0.3 is 13.8 Å². The molecular weight excluding hydrogens is 254 g/mol. The van der Waals surface area contributed by atoms with E-state index in [0.717, 1.165) is 0 Å². The van der Waals surface area contributed by atoms with E-state index in [9.17, 15) is 9.46 Å². The molecule has 0 radical (unpaired) electrons. The van der Waals surface area contributed by atoms with Gasteiger partial charge in [0.2, 0.25) is 0 Å². The highest BCUT2D eigenvalue weighted by atomic mass is 31.2. The van der Waals surface area contributed by atoms with E-state index < -0.39 is 20.9 Å². The van der Waals surface area contributed by atoms with Crippen LogP contribution < -0.4 is 4.89 Å². The largest absolute Gasteiger partial charge is 0.778 e. The highest BCUT2D eigenvalue weighted by molar-refractivity contribution is 7.67. The van der Waals surface area contributed by atoms with E-state index in [4.69, 9.17) is 4.31 Å². The average molecular weight is 281 g/mol.